The van der Waals surface area contributed by atoms with Crippen LogP contribution in [0, 0.1) is 0 Å². The predicted molar refractivity (Wildman–Crippen MR) is 76.9 cm³/mol. The fourth-order valence-electron chi connectivity index (χ4n) is 2.81. The molecule has 0 bridgehead atoms. The van der Waals surface area contributed by atoms with Crippen LogP contribution in [-0.4, -0.2) is 20.1 Å². The first kappa shape index (κ1) is 12.0. The molecular weight excluding hydrogens is 238 g/mol. The van der Waals surface area contributed by atoms with Crippen LogP contribution in [0.25, 0.3) is 10.8 Å². The van der Waals surface area contributed by atoms with E-state index in [1.54, 1.807) is 12.0 Å². The van der Waals surface area contributed by atoms with Crippen LogP contribution < -0.4 is 9.64 Å². The Labute approximate surface area is 112 Å². The van der Waals surface area contributed by atoms with E-state index in [1.807, 2.05) is 39.1 Å². The van der Waals surface area contributed by atoms with E-state index in [0.717, 1.165) is 27.8 Å². The lowest BCUT2D eigenvalue weighted by atomic mass is 9.85. The van der Waals surface area contributed by atoms with Crippen LogP contribution in [-0.2, 0) is 10.2 Å². The van der Waals surface area contributed by atoms with Gasteiger partial charge in [0.05, 0.1) is 12.5 Å². The van der Waals surface area contributed by atoms with Crippen molar-refractivity contribution >= 4 is 22.4 Å². The highest BCUT2D eigenvalue weighted by Crippen LogP contribution is 2.43. The van der Waals surface area contributed by atoms with E-state index in [1.165, 1.54) is 0 Å². The molecule has 0 unspecified atom stereocenters. The molecule has 2 aromatic rings. The summed E-state index contributed by atoms with van der Waals surface area (Å²) in [7, 11) is 3.50. The number of likely N-dealkylation sites (N-methyl/N-ethyl adjacent to an activating group) is 1. The van der Waals surface area contributed by atoms with E-state index >= 15 is 0 Å². The molecule has 3 nitrogen and oxygen atoms in total. The average Bonchev–Trinajstić information content (AvgIpc) is 2.58. The molecule has 3 rings (SSSR count). The van der Waals surface area contributed by atoms with Crippen LogP contribution in [0.5, 0.6) is 5.75 Å². The number of benzene rings is 2. The van der Waals surface area contributed by atoms with Crippen molar-refractivity contribution in [3.8, 4) is 5.75 Å². The van der Waals surface area contributed by atoms with E-state index in [9.17, 15) is 4.79 Å². The Bertz CT molecular complexity index is 688. The Balaban J connectivity index is 2.30. The summed E-state index contributed by atoms with van der Waals surface area (Å²) >= 11 is 0. The molecule has 1 aliphatic rings. The van der Waals surface area contributed by atoms with Gasteiger partial charge in [0.2, 0.25) is 5.91 Å². The van der Waals surface area contributed by atoms with Crippen LogP contribution in [0.4, 0.5) is 5.69 Å². The molecule has 0 spiro atoms. The molecule has 0 radical (unpaired) electrons. The number of carbonyl (C=O) groups excluding carboxylic acids is 1. The highest BCUT2D eigenvalue weighted by molar-refractivity contribution is 6.09. The van der Waals surface area contributed by atoms with Crippen molar-refractivity contribution in [2.75, 3.05) is 19.1 Å². The predicted octanol–water partition coefficient (Wildman–Crippen LogP) is 3.10. The van der Waals surface area contributed by atoms with Gasteiger partial charge in [0.15, 0.2) is 0 Å². The maximum Gasteiger partial charge on any atom is 0.236 e. The third-order valence-corrected chi connectivity index (χ3v) is 4.04. The maximum absolute atomic E-state index is 12.3. The molecule has 0 aromatic heterocycles. The molecule has 2 aromatic carbocycles. The Kier molecular flexibility index (Phi) is 2.36. The van der Waals surface area contributed by atoms with Crippen molar-refractivity contribution in [3.63, 3.8) is 0 Å². The number of anilines is 1. The SMILES string of the molecule is COc1ccc2cc3c(cc2c1)C(C)(C)C(=O)N3C. The van der Waals surface area contributed by atoms with Gasteiger partial charge >= 0.3 is 0 Å². The van der Waals surface area contributed by atoms with Crippen molar-refractivity contribution in [3.05, 3.63) is 35.9 Å². The van der Waals surface area contributed by atoms with Gasteiger partial charge in [-0.2, -0.15) is 0 Å². The van der Waals surface area contributed by atoms with E-state index in [-0.39, 0.29) is 5.91 Å². The molecule has 3 heteroatoms. The molecule has 98 valence electrons. The first-order valence-corrected chi connectivity index (χ1v) is 6.35. The van der Waals surface area contributed by atoms with Gasteiger partial charge in [-0.25, -0.2) is 0 Å². The number of amides is 1. The first-order valence-electron chi connectivity index (χ1n) is 6.35. The summed E-state index contributed by atoms with van der Waals surface area (Å²) < 4.78 is 5.26. The monoisotopic (exact) mass is 255 g/mol. The molecule has 0 saturated carbocycles. The summed E-state index contributed by atoms with van der Waals surface area (Å²) in [5, 5.41) is 2.23. The summed E-state index contributed by atoms with van der Waals surface area (Å²) in [5.41, 5.74) is 1.63. The number of hydrogen-bond acceptors (Lipinski definition) is 2. The molecule has 19 heavy (non-hydrogen) atoms. The smallest absolute Gasteiger partial charge is 0.236 e. The summed E-state index contributed by atoms with van der Waals surface area (Å²) in [4.78, 5) is 14.0. The molecule has 0 aliphatic carbocycles. The minimum atomic E-state index is -0.457. The Morgan fingerprint density at radius 2 is 1.84 bits per heavy atom. The molecule has 0 N–H and O–H groups in total. The van der Waals surface area contributed by atoms with Crippen LogP contribution in [0.2, 0.25) is 0 Å². The Hall–Kier alpha value is -2.03. The zero-order chi connectivity index (χ0) is 13.8. The largest absolute Gasteiger partial charge is 0.497 e. The van der Waals surface area contributed by atoms with Gasteiger partial charge < -0.3 is 9.64 Å². The summed E-state index contributed by atoms with van der Waals surface area (Å²) in [6.07, 6.45) is 0. The second-order valence-electron chi connectivity index (χ2n) is 5.57. The van der Waals surface area contributed by atoms with Crippen molar-refractivity contribution in [1.29, 1.82) is 0 Å². The van der Waals surface area contributed by atoms with Crippen LogP contribution in [0.15, 0.2) is 30.3 Å². The first-order chi connectivity index (χ1) is 8.95. The summed E-state index contributed by atoms with van der Waals surface area (Å²) in [6, 6.07) is 10.2. The fourth-order valence-corrected chi connectivity index (χ4v) is 2.81. The number of methoxy groups -OCH3 is 1. The van der Waals surface area contributed by atoms with Crippen molar-refractivity contribution in [2.45, 2.75) is 19.3 Å². The zero-order valence-electron chi connectivity index (χ0n) is 11.7. The van der Waals surface area contributed by atoms with Gasteiger partial charge in [0.25, 0.3) is 0 Å². The minimum Gasteiger partial charge on any atom is -0.497 e. The van der Waals surface area contributed by atoms with Crippen LogP contribution >= 0.6 is 0 Å². The molecule has 0 saturated heterocycles. The molecule has 1 amide bonds. The van der Waals surface area contributed by atoms with Gasteiger partial charge in [-0.05, 0) is 54.4 Å². The van der Waals surface area contributed by atoms with Gasteiger partial charge in [0, 0.05) is 12.7 Å². The lowest BCUT2D eigenvalue weighted by Crippen LogP contribution is -2.33. The van der Waals surface area contributed by atoms with Gasteiger partial charge in [-0.3, -0.25) is 4.79 Å². The maximum atomic E-state index is 12.3. The number of fused-ring (bicyclic) bond motifs is 2. The third-order valence-electron chi connectivity index (χ3n) is 4.04. The van der Waals surface area contributed by atoms with Crippen LogP contribution in [0.3, 0.4) is 0 Å². The second-order valence-corrected chi connectivity index (χ2v) is 5.57. The average molecular weight is 255 g/mol. The Morgan fingerprint density at radius 3 is 2.53 bits per heavy atom. The van der Waals surface area contributed by atoms with E-state index < -0.39 is 5.41 Å². The molecule has 0 fully saturated rings. The standard InChI is InChI=1S/C16H17NO2/c1-16(2)13-8-11-7-12(19-4)6-5-10(11)9-14(13)17(3)15(16)18/h5-9H,1-4H3. The van der Waals surface area contributed by atoms with Crippen molar-refractivity contribution in [2.24, 2.45) is 0 Å². The van der Waals surface area contributed by atoms with Gasteiger partial charge in [-0.1, -0.05) is 6.07 Å². The summed E-state index contributed by atoms with van der Waals surface area (Å²) in [5.74, 6) is 0.979. The minimum absolute atomic E-state index is 0.143. The van der Waals surface area contributed by atoms with E-state index in [0.29, 0.717) is 0 Å². The normalized spacial score (nSPS) is 16.8. The number of carbonyl (C=O) groups is 1. The molecular formula is C16H17NO2. The molecule has 0 atom stereocenters. The zero-order valence-corrected chi connectivity index (χ0v) is 11.7. The summed E-state index contributed by atoms with van der Waals surface area (Å²) in [6.45, 7) is 3.95. The Morgan fingerprint density at radius 1 is 1.11 bits per heavy atom. The highest BCUT2D eigenvalue weighted by Gasteiger charge is 2.42. The highest BCUT2D eigenvalue weighted by atomic mass is 16.5. The molecule has 1 aliphatic heterocycles. The van der Waals surface area contributed by atoms with Crippen molar-refractivity contribution < 1.29 is 9.53 Å². The van der Waals surface area contributed by atoms with Crippen molar-refractivity contribution in [1.82, 2.24) is 0 Å². The lowest BCUT2D eigenvalue weighted by molar-refractivity contribution is -0.121. The second kappa shape index (κ2) is 3.73. The lowest BCUT2D eigenvalue weighted by Gasteiger charge is -2.16. The van der Waals surface area contributed by atoms with Gasteiger partial charge in [-0.15, -0.1) is 0 Å². The van der Waals surface area contributed by atoms with Crippen LogP contribution in [0.1, 0.15) is 19.4 Å². The topological polar surface area (TPSA) is 29.5 Å². The van der Waals surface area contributed by atoms with E-state index in [2.05, 4.69) is 12.1 Å². The third kappa shape index (κ3) is 1.54. The van der Waals surface area contributed by atoms with E-state index in [4.69, 9.17) is 4.74 Å². The number of hydrogen-bond donors (Lipinski definition) is 0. The number of nitrogens with zero attached hydrogens (tertiary/aromatic N) is 1. The fraction of sp³-hybridized carbons (Fsp3) is 0.312. The van der Waals surface area contributed by atoms with Gasteiger partial charge in [0.1, 0.15) is 5.75 Å². The molecule has 1 heterocycles. The number of ether oxygens (including phenoxy) is 1. The quantitative estimate of drug-likeness (QED) is 0.783. The number of rotatable bonds is 1.